The van der Waals surface area contributed by atoms with Crippen molar-refractivity contribution in [2.24, 2.45) is 0 Å². The third kappa shape index (κ3) is 5.06. The van der Waals surface area contributed by atoms with Crippen LogP contribution in [0.5, 0.6) is 11.5 Å². The van der Waals surface area contributed by atoms with Gasteiger partial charge in [-0.15, -0.1) is 0 Å². The first kappa shape index (κ1) is 20.9. The summed E-state index contributed by atoms with van der Waals surface area (Å²) in [5, 5.41) is 4.03. The number of nitrogens with zero attached hydrogens (tertiary/aromatic N) is 3. The van der Waals surface area contributed by atoms with Crippen molar-refractivity contribution in [2.45, 2.75) is 20.1 Å². The van der Waals surface area contributed by atoms with E-state index < -0.39 is 0 Å². The zero-order valence-corrected chi connectivity index (χ0v) is 17.9. The largest absolute Gasteiger partial charge is 0.497 e. The van der Waals surface area contributed by atoms with Crippen molar-refractivity contribution in [3.8, 4) is 11.5 Å². The van der Waals surface area contributed by atoms with Crippen LogP contribution in [0.2, 0.25) is 0 Å². The number of hydrogen-bond acceptors (Lipinski definition) is 6. The molecule has 0 bridgehead atoms. The number of piperazine rings is 1. The van der Waals surface area contributed by atoms with Gasteiger partial charge in [-0.2, -0.15) is 0 Å². The average molecular weight is 421 g/mol. The Morgan fingerprint density at radius 2 is 1.71 bits per heavy atom. The van der Waals surface area contributed by atoms with Gasteiger partial charge in [0, 0.05) is 32.7 Å². The normalized spacial score (nSPS) is 14.5. The van der Waals surface area contributed by atoms with E-state index in [2.05, 4.69) is 22.2 Å². The topological polar surface area (TPSA) is 68.0 Å². The van der Waals surface area contributed by atoms with Crippen molar-refractivity contribution >= 4 is 5.91 Å². The number of amides is 1. The fraction of sp³-hybridized carbons (Fsp3) is 0.333. The molecule has 1 aliphatic rings. The molecule has 4 rings (SSSR count). The number of aromatic nitrogens is 1. The second-order valence-electron chi connectivity index (χ2n) is 7.58. The minimum absolute atomic E-state index is 0.104. The molecule has 31 heavy (non-hydrogen) atoms. The van der Waals surface area contributed by atoms with Crippen LogP contribution < -0.4 is 9.47 Å². The maximum absolute atomic E-state index is 13.1. The molecule has 162 valence electrons. The van der Waals surface area contributed by atoms with E-state index in [9.17, 15) is 4.79 Å². The van der Waals surface area contributed by atoms with Crippen LogP contribution in [-0.2, 0) is 13.2 Å². The number of rotatable bonds is 7. The molecule has 1 aliphatic heterocycles. The van der Waals surface area contributed by atoms with Crippen LogP contribution in [0.1, 0.15) is 27.4 Å². The average Bonchev–Trinajstić information content (AvgIpc) is 3.19. The molecule has 0 saturated carbocycles. The smallest absolute Gasteiger partial charge is 0.276 e. The summed E-state index contributed by atoms with van der Waals surface area (Å²) in [5.74, 6) is 2.10. The lowest BCUT2D eigenvalue weighted by Crippen LogP contribution is -2.48. The first-order valence-electron chi connectivity index (χ1n) is 10.4. The summed E-state index contributed by atoms with van der Waals surface area (Å²) in [5.41, 5.74) is 2.28. The van der Waals surface area contributed by atoms with Gasteiger partial charge in [-0.05, 0) is 36.8 Å². The van der Waals surface area contributed by atoms with E-state index in [0.29, 0.717) is 30.1 Å². The second-order valence-corrected chi connectivity index (χ2v) is 7.58. The highest BCUT2D eigenvalue weighted by molar-refractivity contribution is 5.93. The van der Waals surface area contributed by atoms with Gasteiger partial charge in [0.2, 0.25) is 0 Å². The summed E-state index contributed by atoms with van der Waals surface area (Å²) in [7, 11) is 1.67. The molecule has 1 aromatic heterocycles. The summed E-state index contributed by atoms with van der Waals surface area (Å²) in [6, 6.07) is 17.6. The summed E-state index contributed by atoms with van der Waals surface area (Å²) >= 11 is 0. The van der Waals surface area contributed by atoms with Crippen LogP contribution in [-0.4, -0.2) is 54.2 Å². The van der Waals surface area contributed by atoms with Crippen molar-refractivity contribution in [2.75, 3.05) is 33.3 Å². The van der Waals surface area contributed by atoms with Gasteiger partial charge in [0.1, 0.15) is 23.9 Å². The lowest BCUT2D eigenvalue weighted by molar-refractivity contribution is 0.0616. The highest BCUT2D eigenvalue weighted by Gasteiger charge is 2.28. The Bertz CT molecular complexity index is 993. The molecule has 0 N–H and O–H groups in total. The van der Waals surface area contributed by atoms with Crippen molar-refractivity contribution in [1.82, 2.24) is 15.0 Å². The monoisotopic (exact) mass is 421 g/mol. The van der Waals surface area contributed by atoms with Crippen molar-refractivity contribution in [1.29, 1.82) is 0 Å². The number of methoxy groups -OCH3 is 1. The number of para-hydroxylation sites is 1. The van der Waals surface area contributed by atoms with Crippen molar-refractivity contribution in [3.05, 3.63) is 77.2 Å². The summed E-state index contributed by atoms with van der Waals surface area (Å²) in [6.07, 6.45) is 0. The number of aryl methyl sites for hydroxylation is 1. The van der Waals surface area contributed by atoms with E-state index in [1.807, 2.05) is 47.4 Å². The van der Waals surface area contributed by atoms with Gasteiger partial charge in [0.15, 0.2) is 5.69 Å². The number of ether oxygens (including phenoxy) is 2. The van der Waals surface area contributed by atoms with Crippen molar-refractivity contribution in [3.63, 3.8) is 0 Å². The number of benzene rings is 2. The highest BCUT2D eigenvalue weighted by Crippen LogP contribution is 2.20. The summed E-state index contributed by atoms with van der Waals surface area (Å²) in [4.78, 5) is 17.3. The maximum atomic E-state index is 13.1. The second kappa shape index (κ2) is 9.66. The third-order valence-electron chi connectivity index (χ3n) is 5.54. The Labute approximate surface area is 182 Å². The van der Waals surface area contributed by atoms with E-state index in [1.165, 1.54) is 5.56 Å². The van der Waals surface area contributed by atoms with Gasteiger partial charge in [-0.1, -0.05) is 35.5 Å². The summed E-state index contributed by atoms with van der Waals surface area (Å²) < 4.78 is 16.4. The molecule has 1 saturated heterocycles. The maximum Gasteiger partial charge on any atom is 0.276 e. The van der Waals surface area contributed by atoms with E-state index in [0.717, 1.165) is 31.1 Å². The fourth-order valence-corrected chi connectivity index (χ4v) is 3.65. The third-order valence-corrected chi connectivity index (χ3v) is 5.54. The van der Waals surface area contributed by atoms with Crippen LogP contribution in [0.4, 0.5) is 0 Å². The van der Waals surface area contributed by atoms with E-state index >= 15 is 0 Å². The van der Waals surface area contributed by atoms with Gasteiger partial charge >= 0.3 is 0 Å². The van der Waals surface area contributed by atoms with Gasteiger partial charge < -0.3 is 18.9 Å². The Hall–Kier alpha value is -3.32. The predicted molar refractivity (Wildman–Crippen MR) is 116 cm³/mol. The minimum Gasteiger partial charge on any atom is -0.497 e. The van der Waals surface area contributed by atoms with E-state index in [1.54, 1.807) is 14.0 Å². The Balaban J connectivity index is 1.34. The number of carbonyl (C=O) groups excluding carboxylic acids is 1. The molecule has 0 unspecified atom stereocenters. The lowest BCUT2D eigenvalue weighted by Gasteiger charge is -2.34. The number of carbonyl (C=O) groups is 1. The number of hydrogen-bond donors (Lipinski definition) is 0. The lowest BCUT2D eigenvalue weighted by atomic mass is 10.1. The van der Waals surface area contributed by atoms with Crippen LogP contribution in [0.15, 0.2) is 59.1 Å². The van der Waals surface area contributed by atoms with Crippen LogP contribution in [0.25, 0.3) is 0 Å². The molecule has 1 amide bonds. The van der Waals surface area contributed by atoms with E-state index in [4.69, 9.17) is 14.0 Å². The molecule has 0 atom stereocenters. The standard InChI is InChI=1S/C24H27N3O4/c1-18-22(17-30-21-6-4-3-5-7-21)23(25-31-18)24(28)27-14-12-26(13-15-27)16-19-8-10-20(29-2)11-9-19/h3-11H,12-17H2,1-2H3. The SMILES string of the molecule is COc1ccc(CN2CCN(C(=O)c3noc(C)c3COc3ccccc3)CC2)cc1. The van der Waals surface area contributed by atoms with Gasteiger partial charge in [-0.3, -0.25) is 9.69 Å². The van der Waals surface area contributed by atoms with Gasteiger partial charge in [0.25, 0.3) is 5.91 Å². The molecule has 7 heteroatoms. The Kier molecular flexibility index (Phi) is 6.52. The first-order chi connectivity index (χ1) is 15.1. The highest BCUT2D eigenvalue weighted by atomic mass is 16.5. The molecule has 0 aliphatic carbocycles. The molecule has 0 spiro atoms. The summed E-state index contributed by atoms with van der Waals surface area (Å²) in [6.45, 7) is 5.83. The molecule has 7 nitrogen and oxygen atoms in total. The van der Waals surface area contributed by atoms with Gasteiger partial charge in [0.05, 0.1) is 12.7 Å². The van der Waals surface area contributed by atoms with E-state index in [-0.39, 0.29) is 12.5 Å². The molecule has 0 radical (unpaired) electrons. The first-order valence-corrected chi connectivity index (χ1v) is 10.4. The van der Waals surface area contributed by atoms with Crippen molar-refractivity contribution < 1.29 is 18.8 Å². The van der Waals surface area contributed by atoms with Crippen LogP contribution in [0.3, 0.4) is 0 Å². The molecule has 2 aromatic carbocycles. The molecule has 1 fully saturated rings. The quantitative estimate of drug-likeness (QED) is 0.581. The Morgan fingerprint density at radius 3 is 2.39 bits per heavy atom. The molecular formula is C24H27N3O4. The fourth-order valence-electron chi connectivity index (χ4n) is 3.65. The molecular weight excluding hydrogens is 394 g/mol. The van der Waals surface area contributed by atoms with Crippen LogP contribution in [0, 0.1) is 6.92 Å². The minimum atomic E-state index is -0.104. The zero-order valence-electron chi connectivity index (χ0n) is 17.9. The molecule has 2 heterocycles. The van der Waals surface area contributed by atoms with Crippen LogP contribution >= 0.6 is 0 Å². The predicted octanol–water partition coefficient (Wildman–Crippen LogP) is 3.53. The van der Waals surface area contributed by atoms with Gasteiger partial charge in [-0.25, -0.2) is 0 Å². The zero-order chi connectivity index (χ0) is 21.6. The Morgan fingerprint density at radius 1 is 1.00 bits per heavy atom. The molecule has 3 aromatic rings.